The van der Waals surface area contributed by atoms with Crippen LogP contribution in [0.2, 0.25) is 0 Å². The van der Waals surface area contributed by atoms with E-state index in [-0.39, 0.29) is 5.97 Å². The zero-order chi connectivity index (χ0) is 16.1. The summed E-state index contributed by atoms with van der Waals surface area (Å²) >= 11 is 0. The minimum Gasteiger partial charge on any atom is -0.465 e. The van der Waals surface area contributed by atoms with E-state index in [0.29, 0.717) is 5.57 Å². The maximum atomic E-state index is 12.2. The second-order valence-electron chi connectivity index (χ2n) is 5.06. The molecule has 23 heavy (non-hydrogen) atoms. The van der Waals surface area contributed by atoms with Gasteiger partial charge in [-0.1, -0.05) is 48.5 Å². The predicted octanol–water partition coefficient (Wildman–Crippen LogP) is 4.19. The summed E-state index contributed by atoms with van der Waals surface area (Å²) in [6.45, 7) is 0. The van der Waals surface area contributed by atoms with Crippen molar-refractivity contribution in [3.63, 3.8) is 0 Å². The average molecular weight is 303 g/mol. The Bertz CT molecular complexity index is 818. The largest absolute Gasteiger partial charge is 0.465 e. The number of nitrogens with zero attached hydrogens (tertiary/aromatic N) is 1. The number of rotatable bonds is 4. The van der Waals surface area contributed by atoms with Crippen molar-refractivity contribution in [3.8, 4) is 5.69 Å². The van der Waals surface area contributed by atoms with Crippen molar-refractivity contribution in [2.45, 2.75) is 0 Å². The molecule has 0 aliphatic heterocycles. The number of benzene rings is 2. The van der Waals surface area contributed by atoms with E-state index in [9.17, 15) is 4.79 Å². The van der Waals surface area contributed by atoms with Crippen molar-refractivity contribution in [2.24, 2.45) is 0 Å². The van der Waals surface area contributed by atoms with Crippen molar-refractivity contribution in [3.05, 3.63) is 90.3 Å². The summed E-state index contributed by atoms with van der Waals surface area (Å²) < 4.78 is 6.98. The lowest BCUT2D eigenvalue weighted by Crippen LogP contribution is -2.04. The molecule has 0 amide bonds. The minimum atomic E-state index is -0.349. The summed E-state index contributed by atoms with van der Waals surface area (Å²) in [6, 6.07) is 21.4. The first-order chi connectivity index (χ1) is 11.3. The Morgan fingerprint density at radius 3 is 2.26 bits per heavy atom. The Labute approximate surface area is 135 Å². The van der Waals surface area contributed by atoms with Crippen LogP contribution in [0.25, 0.3) is 17.3 Å². The van der Waals surface area contributed by atoms with Crippen LogP contribution in [0.5, 0.6) is 0 Å². The van der Waals surface area contributed by atoms with Crippen LogP contribution in [-0.2, 0) is 9.53 Å². The van der Waals surface area contributed by atoms with Gasteiger partial charge < -0.3 is 9.30 Å². The molecular weight excluding hydrogens is 286 g/mol. The van der Waals surface area contributed by atoms with Crippen LogP contribution in [0.4, 0.5) is 0 Å². The number of para-hydroxylation sites is 1. The Hall–Kier alpha value is -3.07. The van der Waals surface area contributed by atoms with E-state index >= 15 is 0 Å². The van der Waals surface area contributed by atoms with Gasteiger partial charge in [0, 0.05) is 12.4 Å². The molecule has 0 aliphatic rings. The number of hydrogen-bond donors (Lipinski definition) is 0. The molecule has 3 nitrogen and oxygen atoms in total. The number of methoxy groups -OCH3 is 1. The first-order valence-electron chi connectivity index (χ1n) is 7.37. The number of esters is 1. The smallest absolute Gasteiger partial charge is 0.338 e. The molecule has 0 spiro atoms. The molecule has 0 radical (unpaired) electrons. The lowest BCUT2D eigenvalue weighted by Gasteiger charge is -2.10. The summed E-state index contributed by atoms with van der Waals surface area (Å²) in [5.41, 5.74) is 3.33. The maximum absolute atomic E-state index is 12.2. The molecule has 114 valence electrons. The van der Waals surface area contributed by atoms with Crippen LogP contribution in [0.3, 0.4) is 0 Å². The molecule has 3 aromatic rings. The zero-order valence-corrected chi connectivity index (χ0v) is 12.8. The van der Waals surface area contributed by atoms with E-state index in [1.807, 2.05) is 89.8 Å². The minimum absolute atomic E-state index is 0.349. The molecule has 3 heteroatoms. The number of hydrogen-bond acceptors (Lipinski definition) is 2. The van der Waals surface area contributed by atoms with E-state index in [4.69, 9.17) is 4.74 Å². The van der Waals surface area contributed by atoms with Crippen molar-refractivity contribution < 1.29 is 9.53 Å². The van der Waals surface area contributed by atoms with Crippen molar-refractivity contribution >= 4 is 17.6 Å². The predicted molar refractivity (Wildman–Crippen MR) is 92.1 cm³/mol. The summed E-state index contributed by atoms with van der Waals surface area (Å²) in [5.74, 6) is -0.349. The fraction of sp³-hybridized carbons (Fsp3) is 0.0500. The van der Waals surface area contributed by atoms with Gasteiger partial charge in [0.05, 0.1) is 18.4 Å². The number of carbonyl (C=O) groups excluding carboxylic acids is 1. The molecular formula is C20H17NO2. The van der Waals surface area contributed by atoms with Gasteiger partial charge in [-0.2, -0.15) is 0 Å². The number of ether oxygens (including phenoxy) is 1. The van der Waals surface area contributed by atoms with E-state index in [1.54, 1.807) is 0 Å². The van der Waals surface area contributed by atoms with Gasteiger partial charge in [0.2, 0.25) is 0 Å². The Balaban J connectivity index is 2.13. The van der Waals surface area contributed by atoms with E-state index in [1.165, 1.54) is 7.11 Å². The highest BCUT2D eigenvalue weighted by molar-refractivity contribution is 6.21. The Morgan fingerprint density at radius 1 is 0.913 bits per heavy atom. The van der Waals surface area contributed by atoms with Gasteiger partial charge in [0.15, 0.2) is 0 Å². The molecule has 2 aromatic carbocycles. The Morgan fingerprint density at radius 2 is 1.57 bits per heavy atom. The fourth-order valence-electron chi connectivity index (χ4n) is 2.48. The zero-order valence-electron chi connectivity index (χ0n) is 12.8. The molecule has 3 rings (SSSR count). The van der Waals surface area contributed by atoms with Gasteiger partial charge in [0.25, 0.3) is 0 Å². The highest BCUT2D eigenvalue weighted by Gasteiger charge is 2.13. The lowest BCUT2D eigenvalue weighted by atomic mass is 10.0. The van der Waals surface area contributed by atoms with Crippen molar-refractivity contribution in [1.82, 2.24) is 4.57 Å². The third-order valence-corrected chi connectivity index (χ3v) is 3.61. The molecule has 0 atom stereocenters. The molecule has 1 aromatic heterocycles. The molecule has 0 bridgehead atoms. The fourth-order valence-corrected chi connectivity index (χ4v) is 2.48. The second kappa shape index (κ2) is 6.79. The topological polar surface area (TPSA) is 31.2 Å². The van der Waals surface area contributed by atoms with Crippen LogP contribution < -0.4 is 0 Å². The summed E-state index contributed by atoms with van der Waals surface area (Å²) in [7, 11) is 1.40. The van der Waals surface area contributed by atoms with Gasteiger partial charge in [-0.15, -0.1) is 0 Å². The van der Waals surface area contributed by atoms with Crippen LogP contribution in [0.15, 0.2) is 79.1 Å². The van der Waals surface area contributed by atoms with Crippen LogP contribution in [0.1, 0.15) is 11.1 Å². The van der Waals surface area contributed by atoms with Gasteiger partial charge in [-0.3, -0.25) is 0 Å². The second-order valence-corrected chi connectivity index (χ2v) is 5.06. The molecule has 0 unspecified atom stereocenters. The normalized spacial score (nSPS) is 11.3. The molecule has 0 N–H and O–H groups in total. The molecule has 0 fully saturated rings. The molecule has 0 saturated carbocycles. The number of carbonyl (C=O) groups is 1. The highest BCUT2D eigenvalue weighted by atomic mass is 16.5. The summed E-state index contributed by atoms with van der Waals surface area (Å²) in [5, 5.41) is 0. The van der Waals surface area contributed by atoms with Crippen molar-refractivity contribution in [1.29, 1.82) is 0 Å². The first kappa shape index (κ1) is 14.9. The van der Waals surface area contributed by atoms with E-state index in [0.717, 1.165) is 16.8 Å². The monoisotopic (exact) mass is 303 g/mol. The molecule has 0 saturated heterocycles. The first-order valence-corrected chi connectivity index (χ1v) is 7.37. The van der Waals surface area contributed by atoms with Gasteiger partial charge in [-0.25, -0.2) is 4.79 Å². The third-order valence-electron chi connectivity index (χ3n) is 3.61. The highest BCUT2D eigenvalue weighted by Crippen LogP contribution is 2.23. The van der Waals surface area contributed by atoms with Gasteiger partial charge in [0.1, 0.15) is 0 Å². The van der Waals surface area contributed by atoms with Crippen LogP contribution in [0, 0.1) is 0 Å². The van der Waals surface area contributed by atoms with Gasteiger partial charge >= 0.3 is 5.97 Å². The quantitative estimate of drug-likeness (QED) is 0.411. The third kappa shape index (κ3) is 3.24. The molecule has 0 aliphatic carbocycles. The Kier molecular flexibility index (Phi) is 4.39. The van der Waals surface area contributed by atoms with Crippen LogP contribution >= 0.6 is 0 Å². The van der Waals surface area contributed by atoms with Gasteiger partial charge in [-0.05, 0) is 35.4 Å². The van der Waals surface area contributed by atoms with E-state index < -0.39 is 0 Å². The standard InChI is InChI=1S/C20H17NO2/c1-23-20(22)18(16-9-3-2-4-10-16)15-17-11-5-6-12-19(17)21-13-7-8-14-21/h2-15H,1H3/b18-15-. The SMILES string of the molecule is COC(=O)/C(=C\c1ccccc1-n1cccc1)c1ccccc1. The number of aromatic nitrogens is 1. The average Bonchev–Trinajstić information content (AvgIpc) is 3.14. The van der Waals surface area contributed by atoms with E-state index in [2.05, 4.69) is 0 Å². The summed E-state index contributed by atoms with van der Waals surface area (Å²) in [6.07, 6.45) is 5.83. The summed E-state index contributed by atoms with van der Waals surface area (Å²) in [4.78, 5) is 12.2. The molecule has 1 heterocycles. The van der Waals surface area contributed by atoms with Crippen molar-refractivity contribution in [2.75, 3.05) is 7.11 Å². The maximum Gasteiger partial charge on any atom is 0.338 e. The van der Waals surface area contributed by atoms with Crippen LogP contribution in [-0.4, -0.2) is 17.6 Å². The lowest BCUT2D eigenvalue weighted by molar-refractivity contribution is -0.133.